The molecule has 2 heterocycles. The zero-order valence-electron chi connectivity index (χ0n) is 11.6. The average molecular weight is 289 g/mol. The Morgan fingerprint density at radius 1 is 1.30 bits per heavy atom. The second kappa shape index (κ2) is 5.81. The van der Waals surface area contributed by atoms with Crippen molar-refractivity contribution in [3.8, 4) is 5.75 Å². The molecule has 2 N–H and O–H groups in total. The molecule has 0 atom stereocenters. The summed E-state index contributed by atoms with van der Waals surface area (Å²) in [6.45, 7) is 5.77. The number of nitrogens with two attached hydrogens (primary N) is 1. The van der Waals surface area contributed by atoms with Crippen LogP contribution in [-0.2, 0) is 13.1 Å². The van der Waals surface area contributed by atoms with Crippen LogP contribution in [0.1, 0.15) is 22.6 Å². The third kappa shape index (κ3) is 3.11. The smallest absolute Gasteiger partial charge is 0.180 e. The van der Waals surface area contributed by atoms with Crippen LogP contribution in [0.3, 0.4) is 0 Å². The monoisotopic (exact) mass is 289 g/mol. The maximum absolute atomic E-state index is 5.74. The van der Waals surface area contributed by atoms with Crippen LogP contribution in [0.5, 0.6) is 5.75 Å². The van der Waals surface area contributed by atoms with Crippen molar-refractivity contribution >= 4 is 16.5 Å². The Hall–Kier alpha value is -1.59. The zero-order valence-corrected chi connectivity index (χ0v) is 12.4. The molecule has 106 valence electrons. The summed E-state index contributed by atoms with van der Waals surface area (Å²) in [6, 6.07) is 8.19. The van der Waals surface area contributed by atoms with Gasteiger partial charge in [0.2, 0.25) is 0 Å². The van der Waals surface area contributed by atoms with Gasteiger partial charge in [-0.2, -0.15) is 0 Å². The van der Waals surface area contributed by atoms with Crippen LogP contribution in [0.25, 0.3) is 0 Å². The highest BCUT2D eigenvalue weighted by atomic mass is 32.1. The minimum absolute atomic E-state index is 0.692. The number of benzene rings is 1. The fourth-order valence-electron chi connectivity index (χ4n) is 2.39. The van der Waals surface area contributed by atoms with E-state index in [0.29, 0.717) is 5.13 Å². The Balaban J connectivity index is 1.39. The van der Waals surface area contributed by atoms with Gasteiger partial charge in [-0.25, -0.2) is 4.98 Å². The minimum atomic E-state index is 0.692. The standard InChI is InChI=1S/C15H19N3OS/c1-11-3-5-12(6-4-11)19-8-2-7-18-9-13-14(10-18)20-15(16)17-13/h3-6H,2,7-10H2,1H3,(H2,16,17). The van der Waals surface area contributed by atoms with Crippen LogP contribution in [0, 0.1) is 6.92 Å². The molecule has 0 radical (unpaired) electrons. The molecule has 2 aromatic rings. The van der Waals surface area contributed by atoms with Gasteiger partial charge in [0, 0.05) is 24.5 Å². The summed E-state index contributed by atoms with van der Waals surface area (Å²) in [5, 5.41) is 0.692. The van der Waals surface area contributed by atoms with Gasteiger partial charge in [0.1, 0.15) is 5.75 Å². The van der Waals surface area contributed by atoms with Gasteiger partial charge in [-0.05, 0) is 25.5 Å². The fraction of sp³-hybridized carbons (Fsp3) is 0.400. The van der Waals surface area contributed by atoms with Crippen LogP contribution in [-0.4, -0.2) is 23.0 Å². The summed E-state index contributed by atoms with van der Waals surface area (Å²) >= 11 is 1.61. The van der Waals surface area contributed by atoms with Crippen LogP contribution < -0.4 is 10.5 Å². The molecule has 1 aliphatic heterocycles. The molecule has 0 amide bonds. The second-order valence-corrected chi connectivity index (χ2v) is 6.26. The highest BCUT2D eigenvalue weighted by molar-refractivity contribution is 7.15. The van der Waals surface area contributed by atoms with E-state index in [2.05, 4.69) is 28.9 Å². The van der Waals surface area contributed by atoms with Crippen LogP contribution in [0.4, 0.5) is 5.13 Å². The normalized spacial score (nSPS) is 14.4. The lowest BCUT2D eigenvalue weighted by Gasteiger charge is -2.14. The van der Waals surface area contributed by atoms with E-state index in [0.717, 1.165) is 44.1 Å². The van der Waals surface area contributed by atoms with Crippen molar-refractivity contribution in [2.24, 2.45) is 0 Å². The van der Waals surface area contributed by atoms with Crippen LogP contribution in [0.15, 0.2) is 24.3 Å². The molecule has 5 heteroatoms. The number of nitrogen functional groups attached to an aromatic ring is 1. The lowest BCUT2D eigenvalue weighted by atomic mass is 10.2. The molecule has 1 aromatic carbocycles. The zero-order chi connectivity index (χ0) is 13.9. The average Bonchev–Trinajstić information content (AvgIpc) is 2.93. The number of hydrogen-bond acceptors (Lipinski definition) is 5. The van der Waals surface area contributed by atoms with Gasteiger partial charge in [0.05, 0.1) is 12.3 Å². The number of aryl methyl sites for hydroxylation is 1. The van der Waals surface area contributed by atoms with Crippen molar-refractivity contribution in [1.82, 2.24) is 9.88 Å². The highest BCUT2D eigenvalue weighted by Gasteiger charge is 2.22. The van der Waals surface area contributed by atoms with Gasteiger partial charge in [-0.15, -0.1) is 11.3 Å². The Morgan fingerprint density at radius 3 is 2.85 bits per heavy atom. The number of fused-ring (bicyclic) bond motifs is 1. The van der Waals surface area contributed by atoms with Crippen molar-refractivity contribution < 1.29 is 4.74 Å². The molecule has 0 aliphatic carbocycles. The van der Waals surface area contributed by atoms with E-state index < -0.39 is 0 Å². The Morgan fingerprint density at radius 2 is 2.10 bits per heavy atom. The van der Waals surface area contributed by atoms with Gasteiger partial charge in [0.15, 0.2) is 5.13 Å². The first kappa shape index (κ1) is 13.4. The first-order valence-corrected chi connectivity index (χ1v) is 7.68. The number of aromatic nitrogens is 1. The van der Waals surface area contributed by atoms with Crippen molar-refractivity contribution in [3.63, 3.8) is 0 Å². The van der Waals surface area contributed by atoms with E-state index in [1.807, 2.05) is 12.1 Å². The van der Waals surface area contributed by atoms with Crippen molar-refractivity contribution in [2.45, 2.75) is 26.4 Å². The van der Waals surface area contributed by atoms with Crippen LogP contribution in [0.2, 0.25) is 0 Å². The molecule has 0 spiro atoms. The Kier molecular flexibility index (Phi) is 3.89. The van der Waals surface area contributed by atoms with Gasteiger partial charge < -0.3 is 10.5 Å². The van der Waals surface area contributed by atoms with Crippen molar-refractivity contribution in [1.29, 1.82) is 0 Å². The first-order valence-electron chi connectivity index (χ1n) is 6.86. The summed E-state index contributed by atoms with van der Waals surface area (Å²) in [6.07, 6.45) is 1.03. The summed E-state index contributed by atoms with van der Waals surface area (Å²) < 4.78 is 5.74. The molecular weight excluding hydrogens is 270 g/mol. The number of ether oxygens (including phenoxy) is 1. The van der Waals surface area contributed by atoms with E-state index in [1.165, 1.54) is 10.4 Å². The van der Waals surface area contributed by atoms with Gasteiger partial charge in [-0.3, -0.25) is 4.90 Å². The molecular formula is C15H19N3OS. The maximum Gasteiger partial charge on any atom is 0.180 e. The van der Waals surface area contributed by atoms with Crippen molar-refractivity contribution in [3.05, 3.63) is 40.4 Å². The SMILES string of the molecule is Cc1ccc(OCCCN2Cc3nc(N)sc3C2)cc1. The fourth-order valence-corrected chi connectivity index (χ4v) is 3.28. The molecule has 1 aromatic heterocycles. The number of hydrogen-bond donors (Lipinski definition) is 1. The Bertz CT molecular complexity index is 556. The molecule has 0 unspecified atom stereocenters. The van der Waals surface area contributed by atoms with E-state index in [-0.39, 0.29) is 0 Å². The lowest BCUT2D eigenvalue weighted by molar-refractivity contribution is 0.237. The largest absolute Gasteiger partial charge is 0.494 e. The number of rotatable bonds is 5. The molecule has 1 aliphatic rings. The topological polar surface area (TPSA) is 51.4 Å². The maximum atomic E-state index is 5.74. The third-order valence-electron chi connectivity index (χ3n) is 3.44. The first-order chi connectivity index (χ1) is 9.70. The van der Waals surface area contributed by atoms with E-state index >= 15 is 0 Å². The summed E-state index contributed by atoms with van der Waals surface area (Å²) in [5.74, 6) is 0.950. The Labute approximate surface area is 123 Å². The van der Waals surface area contributed by atoms with E-state index in [1.54, 1.807) is 11.3 Å². The quantitative estimate of drug-likeness (QED) is 0.860. The molecule has 0 bridgehead atoms. The lowest BCUT2D eigenvalue weighted by Crippen LogP contribution is -2.19. The molecule has 0 saturated carbocycles. The van der Waals surface area contributed by atoms with Crippen LogP contribution >= 0.6 is 11.3 Å². The predicted molar refractivity (Wildman–Crippen MR) is 81.9 cm³/mol. The minimum Gasteiger partial charge on any atom is -0.494 e. The van der Waals surface area contributed by atoms with Gasteiger partial charge >= 0.3 is 0 Å². The number of anilines is 1. The van der Waals surface area contributed by atoms with Gasteiger partial charge in [-0.1, -0.05) is 17.7 Å². The third-order valence-corrected chi connectivity index (χ3v) is 4.36. The van der Waals surface area contributed by atoms with Crippen molar-refractivity contribution in [2.75, 3.05) is 18.9 Å². The summed E-state index contributed by atoms with van der Waals surface area (Å²) in [7, 11) is 0. The molecule has 0 fully saturated rings. The van der Waals surface area contributed by atoms with Gasteiger partial charge in [0.25, 0.3) is 0 Å². The molecule has 20 heavy (non-hydrogen) atoms. The molecule has 4 nitrogen and oxygen atoms in total. The summed E-state index contributed by atoms with van der Waals surface area (Å²) in [4.78, 5) is 8.07. The second-order valence-electron chi connectivity index (χ2n) is 5.15. The molecule has 0 saturated heterocycles. The van der Waals surface area contributed by atoms with E-state index in [4.69, 9.17) is 10.5 Å². The summed E-state index contributed by atoms with van der Waals surface area (Å²) in [5.41, 5.74) is 8.12. The predicted octanol–water partition coefficient (Wildman–Crippen LogP) is 2.82. The molecule has 3 rings (SSSR count). The number of thiazole rings is 1. The number of nitrogens with zero attached hydrogens (tertiary/aromatic N) is 2. The van der Waals surface area contributed by atoms with E-state index in [9.17, 15) is 0 Å². The highest BCUT2D eigenvalue weighted by Crippen LogP contribution is 2.29.